The summed E-state index contributed by atoms with van der Waals surface area (Å²) in [5.41, 5.74) is 1.82. The first kappa shape index (κ1) is 21.3. The monoisotopic (exact) mass is 411 g/mol. The minimum atomic E-state index is -1.06. The van der Waals surface area contributed by atoms with Crippen LogP contribution in [0.2, 0.25) is 0 Å². The fourth-order valence-electron chi connectivity index (χ4n) is 3.47. The first-order chi connectivity index (χ1) is 14.4. The summed E-state index contributed by atoms with van der Waals surface area (Å²) in [7, 11) is 0. The van der Waals surface area contributed by atoms with Crippen molar-refractivity contribution in [2.75, 3.05) is 23.3 Å². The maximum atomic E-state index is 12.4. The van der Waals surface area contributed by atoms with Gasteiger partial charge in [0.1, 0.15) is 0 Å². The Morgan fingerprint density at radius 1 is 1.10 bits per heavy atom. The summed E-state index contributed by atoms with van der Waals surface area (Å²) in [4.78, 5) is 37.6. The number of hydrogen-bond acceptors (Lipinski definition) is 6. The predicted molar refractivity (Wildman–Crippen MR) is 114 cm³/mol. The third-order valence-corrected chi connectivity index (χ3v) is 5.23. The molecule has 0 unspecified atom stereocenters. The lowest BCUT2D eigenvalue weighted by Crippen LogP contribution is -2.30. The zero-order valence-corrected chi connectivity index (χ0v) is 17.1. The molecule has 1 N–H and O–H groups in total. The van der Waals surface area contributed by atoms with Crippen molar-refractivity contribution in [1.29, 1.82) is 0 Å². The Morgan fingerprint density at radius 3 is 2.40 bits per heavy atom. The summed E-state index contributed by atoms with van der Waals surface area (Å²) >= 11 is 0. The van der Waals surface area contributed by atoms with Crippen LogP contribution in [-0.4, -0.2) is 36.0 Å². The molecule has 1 amide bonds. The van der Waals surface area contributed by atoms with Crippen LogP contribution < -0.4 is 10.2 Å². The van der Waals surface area contributed by atoms with Crippen LogP contribution in [0.4, 0.5) is 17.1 Å². The second-order valence-corrected chi connectivity index (χ2v) is 7.34. The van der Waals surface area contributed by atoms with E-state index in [1.165, 1.54) is 51.3 Å². The van der Waals surface area contributed by atoms with Crippen molar-refractivity contribution in [3.8, 4) is 0 Å². The Bertz CT molecular complexity index is 936. The second-order valence-electron chi connectivity index (χ2n) is 7.34. The van der Waals surface area contributed by atoms with E-state index in [-0.39, 0.29) is 16.8 Å². The Kier molecular flexibility index (Phi) is 6.66. The molecule has 0 radical (unpaired) electrons. The fourth-order valence-corrected chi connectivity index (χ4v) is 3.47. The number of hydrogen-bond donors (Lipinski definition) is 1. The smallest absolute Gasteiger partial charge is 0.339 e. The van der Waals surface area contributed by atoms with Gasteiger partial charge in [-0.1, -0.05) is 6.07 Å². The molecule has 1 saturated heterocycles. The van der Waals surface area contributed by atoms with Crippen LogP contribution in [0, 0.1) is 17.0 Å². The number of carbonyl (C=O) groups is 2. The molecular weight excluding hydrogens is 386 g/mol. The number of esters is 1. The van der Waals surface area contributed by atoms with Crippen molar-refractivity contribution < 1.29 is 19.2 Å². The highest BCUT2D eigenvalue weighted by atomic mass is 16.6. The molecule has 30 heavy (non-hydrogen) atoms. The number of rotatable bonds is 6. The summed E-state index contributed by atoms with van der Waals surface area (Å²) in [6.45, 7) is 5.01. The average molecular weight is 411 g/mol. The van der Waals surface area contributed by atoms with Gasteiger partial charge in [0.25, 0.3) is 11.6 Å². The van der Waals surface area contributed by atoms with Gasteiger partial charge in [0.15, 0.2) is 6.10 Å². The first-order valence-corrected chi connectivity index (χ1v) is 9.97. The molecule has 0 bridgehead atoms. The van der Waals surface area contributed by atoms with Crippen molar-refractivity contribution in [3.63, 3.8) is 0 Å². The molecule has 1 heterocycles. The normalized spacial score (nSPS) is 14.7. The molecule has 3 rings (SSSR count). The number of carbonyl (C=O) groups excluding carboxylic acids is 2. The zero-order valence-electron chi connectivity index (χ0n) is 17.1. The van der Waals surface area contributed by atoms with Gasteiger partial charge in [-0.2, -0.15) is 0 Å². The van der Waals surface area contributed by atoms with Gasteiger partial charge in [0.05, 0.1) is 10.5 Å². The first-order valence-electron chi connectivity index (χ1n) is 9.97. The largest absolute Gasteiger partial charge is 0.449 e. The Balaban J connectivity index is 1.60. The van der Waals surface area contributed by atoms with E-state index in [1.54, 1.807) is 0 Å². The van der Waals surface area contributed by atoms with Crippen LogP contribution in [0.3, 0.4) is 0 Å². The maximum absolute atomic E-state index is 12.4. The van der Waals surface area contributed by atoms with Crippen molar-refractivity contribution in [3.05, 3.63) is 63.7 Å². The van der Waals surface area contributed by atoms with E-state index in [2.05, 4.69) is 10.2 Å². The molecule has 1 aliphatic heterocycles. The van der Waals surface area contributed by atoms with Gasteiger partial charge in [-0.05, 0) is 63.4 Å². The van der Waals surface area contributed by atoms with Gasteiger partial charge < -0.3 is 15.0 Å². The molecule has 1 aliphatic rings. The minimum Gasteiger partial charge on any atom is -0.449 e. The van der Waals surface area contributed by atoms with E-state index >= 15 is 0 Å². The zero-order chi connectivity index (χ0) is 21.7. The van der Waals surface area contributed by atoms with Gasteiger partial charge in [-0.3, -0.25) is 14.9 Å². The third kappa shape index (κ3) is 4.94. The highest BCUT2D eigenvalue weighted by molar-refractivity contribution is 5.98. The number of anilines is 2. The van der Waals surface area contributed by atoms with Gasteiger partial charge in [-0.25, -0.2) is 4.79 Å². The molecule has 1 fully saturated rings. The number of nitro groups is 1. The van der Waals surface area contributed by atoms with Gasteiger partial charge in [0.2, 0.25) is 0 Å². The van der Waals surface area contributed by atoms with Gasteiger partial charge in [0, 0.05) is 36.1 Å². The van der Waals surface area contributed by atoms with Crippen molar-refractivity contribution >= 4 is 28.9 Å². The summed E-state index contributed by atoms with van der Waals surface area (Å²) in [5, 5.41) is 13.8. The molecule has 0 saturated carbocycles. The number of piperidine rings is 1. The Morgan fingerprint density at radius 2 is 1.77 bits per heavy atom. The molecule has 0 aliphatic carbocycles. The lowest BCUT2D eigenvalue weighted by atomic mass is 10.1. The van der Waals surface area contributed by atoms with Crippen LogP contribution in [-0.2, 0) is 9.53 Å². The highest BCUT2D eigenvalue weighted by Crippen LogP contribution is 2.23. The topological polar surface area (TPSA) is 102 Å². The van der Waals surface area contributed by atoms with E-state index < -0.39 is 22.9 Å². The number of ether oxygens (including phenoxy) is 1. The van der Waals surface area contributed by atoms with Crippen LogP contribution >= 0.6 is 0 Å². The van der Waals surface area contributed by atoms with E-state index in [4.69, 9.17) is 4.74 Å². The Labute approximate surface area is 175 Å². The lowest BCUT2D eigenvalue weighted by Gasteiger charge is -2.28. The molecule has 0 aromatic heterocycles. The van der Waals surface area contributed by atoms with E-state index in [0.717, 1.165) is 18.8 Å². The summed E-state index contributed by atoms with van der Waals surface area (Å²) < 4.78 is 5.22. The number of nitro benzene ring substituents is 1. The Hall–Kier alpha value is -3.42. The molecular formula is C22H25N3O5. The van der Waals surface area contributed by atoms with Crippen molar-refractivity contribution in [2.45, 2.75) is 39.2 Å². The van der Waals surface area contributed by atoms with Crippen LogP contribution in [0.1, 0.15) is 42.1 Å². The van der Waals surface area contributed by atoms with E-state index in [9.17, 15) is 19.7 Å². The summed E-state index contributed by atoms with van der Waals surface area (Å²) in [6, 6.07) is 11.7. The molecule has 8 nitrogen and oxygen atoms in total. The lowest BCUT2D eigenvalue weighted by molar-refractivity contribution is -0.385. The molecule has 8 heteroatoms. The number of benzene rings is 2. The minimum absolute atomic E-state index is 0.0646. The molecule has 2 aromatic carbocycles. The van der Waals surface area contributed by atoms with Gasteiger partial charge in [-0.15, -0.1) is 0 Å². The van der Waals surface area contributed by atoms with E-state index in [0.29, 0.717) is 5.69 Å². The van der Waals surface area contributed by atoms with Crippen LogP contribution in [0.25, 0.3) is 0 Å². The predicted octanol–water partition coefficient (Wildman–Crippen LogP) is 4.08. The number of amides is 1. The fraction of sp³-hybridized carbons (Fsp3) is 0.364. The molecule has 1 atom stereocenters. The summed E-state index contributed by atoms with van der Waals surface area (Å²) in [6.07, 6.45) is 2.58. The molecule has 158 valence electrons. The van der Waals surface area contributed by atoms with Crippen molar-refractivity contribution in [1.82, 2.24) is 0 Å². The molecule has 0 spiro atoms. The summed E-state index contributed by atoms with van der Waals surface area (Å²) in [5.74, 6) is -1.25. The number of nitrogens with zero attached hydrogens (tertiary/aromatic N) is 2. The quantitative estimate of drug-likeness (QED) is 0.437. The van der Waals surface area contributed by atoms with Gasteiger partial charge >= 0.3 is 5.97 Å². The molecule has 2 aromatic rings. The second kappa shape index (κ2) is 9.39. The maximum Gasteiger partial charge on any atom is 0.339 e. The highest BCUT2D eigenvalue weighted by Gasteiger charge is 2.23. The number of nitrogens with one attached hydrogen (secondary N) is 1. The standard InChI is InChI=1S/C22H25N3O5/c1-15-19(7-6-8-20(15)25(28)29)22(27)30-16(2)21(26)23-17-9-11-18(12-10-17)24-13-4-3-5-14-24/h6-12,16H,3-5,13-14H2,1-2H3,(H,23,26)/t16-/m0/s1. The van der Waals surface area contributed by atoms with Crippen molar-refractivity contribution in [2.24, 2.45) is 0 Å². The average Bonchev–Trinajstić information content (AvgIpc) is 2.74. The van der Waals surface area contributed by atoms with E-state index in [1.807, 2.05) is 24.3 Å². The van der Waals surface area contributed by atoms with Crippen LogP contribution in [0.5, 0.6) is 0 Å². The third-order valence-electron chi connectivity index (χ3n) is 5.23. The van der Waals surface area contributed by atoms with Crippen LogP contribution in [0.15, 0.2) is 42.5 Å². The SMILES string of the molecule is Cc1c(C(=O)O[C@@H](C)C(=O)Nc2ccc(N3CCCCC3)cc2)cccc1[N+](=O)[O-].